The van der Waals surface area contributed by atoms with E-state index in [1.165, 1.54) is 0 Å². The van der Waals surface area contributed by atoms with Crippen LogP contribution in [0.1, 0.15) is 52.0 Å². The van der Waals surface area contributed by atoms with E-state index in [0.29, 0.717) is 25.7 Å². The number of hydrogen-bond acceptors (Lipinski definition) is 3. The molecule has 2 N–H and O–H groups in total. The molecule has 5 nitrogen and oxygen atoms in total. The van der Waals surface area contributed by atoms with E-state index in [4.69, 9.17) is 5.11 Å². The first-order valence-corrected chi connectivity index (χ1v) is 9.43. The van der Waals surface area contributed by atoms with Gasteiger partial charge in [-0.25, -0.2) is 13.1 Å². The summed E-state index contributed by atoms with van der Waals surface area (Å²) in [6.07, 6.45) is 2.17. The van der Waals surface area contributed by atoms with Gasteiger partial charge in [-0.15, -0.1) is 0 Å². The van der Waals surface area contributed by atoms with Crippen LogP contribution in [0.4, 0.5) is 0 Å². The van der Waals surface area contributed by atoms with Crippen molar-refractivity contribution >= 4 is 16.0 Å². The Morgan fingerprint density at radius 3 is 2.04 bits per heavy atom. The third-order valence-electron chi connectivity index (χ3n) is 4.43. The normalized spacial score (nSPS) is 22.7. The molecule has 0 atom stereocenters. The zero-order chi connectivity index (χ0) is 17.3. The third-order valence-corrected chi connectivity index (χ3v) is 5.97. The molecule has 1 saturated carbocycles. The van der Waals surface area contributed by atoms with Crippen molar-refractivity contribution in [2.24, 2.45) is 5.92 Å². The standard InChI is InChI=1S/C17H25NO4S/c1-17(2,3)13-6-10-15(11-7-13)23(21,22)18-14-8-4-12(5-9-14)16(19)20/h6-7,10-12,14,18H,4-5,8-9H2,1-3H3,(H,19,20). The summed E-state index contributed by atoms with van der Waals surface area (Å²) in [7, 11) is -3.56. The molecule has 0 heterocycles. The maximum atomic E-state index is 12.4. The Morgan fingerprint density at radius 2 is 1.61 bits per heavy atom. The molecule has 128 valence electrons. The van der Waals surface area contributed by atoms with E-state index < -0.39 is 16.0 Å². The molecule has 23 heavy (non-hydrogen) atoms. The molecular weight excluding hydrogens is 314 g/mol. The summed E-state index contributed by atoms with van der Waals surface area (Å²) in [5.74, 6) is -1.13. The molecule has 1 aliphatic carbocycles. The van der Waals surface area contributed by atoms with Gasteiger partial charge in [-0.1, -0.05) is 32.9 Å². The fourth-order valence-corrected chi connectivity index (χ4v) is 4.18. The summed E-state index contributed by atoms with van der Waals surface area (Å²) in [5, 5.41) is 8.99. The van der Waals surface area contributed by atoms with E-state index in [0.717, 1.165) is 5.56 Å². The topological polar surface area (TPSA) is 83.5 Å². The molecular formula is C17H25NO4S. The van der Waals surface area contributed by atoms with Gasteiger partial charge < -0.3 is 5.11 Å². The van der Waals surface area contributed by atoms with Crippen LogP contribution in [0.15, 0.2) is 29.2 Å². The minimum Gasteiger partial charge on any atom is -0.481 e. The number of nitrogens with one attached hydrogen (secondary N) is 1. The Kier molecular flexibility index (Phi) is 5.16. The lowest BCUT2D eigenvalue weighted by molar-refractivity contribution is -0.142. The van der Waals surface area contributed by atoms with Gasteiger partial charge in [0.1, 0.15) is 0 Å². The molecule has 0 amide bonds. The Balaban J connectivity index is 2.04. The average Bonchev–Trinajstić information content (AvgIpc) is 2.46. The van der Waals surface area contributed by atoms with Crippen molar-refractivity contribution in [3.63, 3.8) is 0 Å². The lowest BCUT2D eigenvalue weighted by atomic mass is 9.87. The largest absolute Gasteiger partial charge is 0.481 e. The summed E-state index contributed by atoms with van der Waals surface area (Å²) in [6.45, 7) is 6.24. The minimum absolute atomic E-state index is 0.0229. The number of carbonyl (C=O) groups is 1. The predicted molar refractivity (Wildman–Crippen MR) is 88.8 cm³/mol. The monoisotopic (exact) mass is 339 g/mol. The quantitative estimate of drug-likeness (QED) is 0.883. The van der Waals surface area contributed by atoms with E-state index in [-0.39, 0.29) is 22.3 Å². The van der Waals surface area contributed by atoms with Crippen LogP contribution in [-0.2, 0) is 20.2 Å². The highest BCUT2D eigenvalue weighted by molar-refractivity contribution is 7.89. The van der Waals surface area contributed by atoms with Crippen LogP contribution >= 0.6 is 0 Å². The van der Waals surface area contributed by atoms with Crippen LogP contribution < -0.4 is 4.72 Å². The molecule has 0 unspecified atom stereocenters. The second-order valence-corrected chi connectivity index (χ2v) is 9.00. The third kappa shape index (κ3) is 4.54. The van der Waals surface area contributed by atoms with Crippen molar-refractivity contribution in [3.05, 3.63) is 29.8 Å². The smallest absolute Gasteiger partial charge is 0.306 e. The number of carboxylic acid groups (broad SMARTS) is 1. The first kappa shape index (κ1) is 17.9. The van der Waals surface area contributed by atoms with Gasteiger partial charge in [0.2, 0.25) is 10.0 Å². The van der Waals surface area contributed by atoms with Gasteiger partial charge in [-0.2, -0.15) is 0 Å². The zero-order valence-corrected chi connectivity index (χ0v) is 14.7. The highest BCUT2D eigenvalue weighted by Gasteiger charge is 2.29. The molecule has 0 spiro atoms. The van der Waals surface area contributed by atoms with Crippen molar-refractivity contribution in [2.45, 2.75) is 62.8 Å². The van der Waals surface area contributed by atoms with Crippen LogP contribution in [0.25, 0.3) is 0 Å². The van der Waals surface area contributed by atoms with E-state index in [1.807, 2.05) is 12.1 Å². The number of rotatable bonds is 4. The summed E-state index contributed by atoms with van der Waals surface area (Å²) in [5.41, 5.74) is 1.06. The summed E-state index contributed by atoms with van der Waals surface area (Å²) in [4.78, 5) is 11.2. The van der Waals surface area contributed by atoms with Crippen LogP contribution in [0.5, 0.6) is 0 Å². The SMILES string of the molecule is CC(C)(C)c1ccc(S(=O)(=O)NC2CCC(C(=O)O)CC2)cc1. The molecule has 0 aromatic heterocycles. The van der Waals surface area contributed by atoms with Gasteiger partial charge in [0.15, 0.2) is 0 Å². The Morgan fingerprint density at radius 1 is 1.09 bits per heavy atom. The van der Waals surface area contributed by atoms with E-state index >= 15 is 0 Å². The molecule has 1 fully saturated rings. The van der Waals surface area contributed by atoms with Crippen LogP contribution in [-0.4, -0.2) is 25.5 Å². The first-order chi connectivity index (χ1) is 10.6. The predicted octanol–water partition coefficient (Wildman–Crippen LogP) is 2.91. The fraction of sp³-hybridized carbons (Fsp3) is 0.588. The van der Waals surface area contributed by atoms with Crippen LogP contribution in [0.2, 0.25) is 0 Å². The molecule has 0 bridgehead atoms. The highest BCUT2D eigenvalue weighted by Crippen LogP contribution is 2.27. The summed E-state index contributed by atoms with van der Waals surface area (Å²) >= 11 is 0. The molecule has 1 aromatic rings. The average molecular weight is 339 g/mol. The molecule has 2 rings (SSSR count). The maximum Gasteiger partial charge on any atom is 0.306 e. The summed E-state index contributed by atoms with van der Waals surface area (Å²) in [6, 6.07) is 6.77. The molecule has 0 radical (unpaired) electrons. The molecule has 6 heteroatoms. The fourth-order valence-electron chi connectivity index (χ4n) is 2.88. The number of carboxylic acids is 1. The number of hydrogen-bond donors (Lipinski definition) is 2. The van der Waals surface area contributed by atoms with Gasteiger partial charge in [0, 0.05) is 6.04 Å². The van der Waals surface area contributed by atoms with Crippen LogP contribution in [0.3, 0.4) is 0 Å². The minimum atomic E-state index is -3.56. The Bertz CT molecular complexity index is 651. The van der Waals surface area contributed by atoms with Gasteiger partial charge in [-0.05, 0) is 48.8 Å². The zero-order valence-electron chi connectivity index (χ0n) is 13.9. The van der Waals surface area contributed by atoms with Crippen molar-refractivity contribution < 1.29 is 18.3 Å². The highest BCUT2D eigenvalue weighted by atomic mass is 32.2. The molecule has 1 aromatic carbocycles. The first-order valence-electron chi connectivity index (χ1n) is 7.95. The van der Waals surface area contributed by atoms with Crippen LogP contribution in [0, 0.1) is 5.92 Å². The van der Waals surface area contributed by atoms with Gasteiger partial charge in [0.25, 0.3) is 0 Å². The number of sulfonamides is 1. The molecule has 1 aliphatic rings. The van der Waals surface area contributed by atoms with Crippen molar-refractivity contribution in [1.82, 2.24) is 4.72 Å². The Hall–Kier alpha value is -1.40. The molecule has 0 saturated heterocycles. The van der Waals surface area contributed by atoms with Gasteiger partial charge in [0.05, 0.1) is 10.8 Å². The van der Waals surface area contributed by atoms with Crippen molar-refractivity contribution in [2.75, 3.05) is 0 Å². The second kappa shape index (κ2) is 6.61. The maximum absolute atomic E-state index is 12.4. The lowest BCUT2D eigenvalue weighted by Gasteiger charge is -2.26. The van der Waals surface area contributed by atoms with Crippen molar-refractivity contribution in [3.8, 4) is 0 Å². The van der Waals surface area contributed by atoms with Gasteiger partial charge in [-0.3, -0.25) is 4.79 Å². The second-order valence-electron chi connectivity index (χ2n) is 7.28. The lowest BCUT2D eigenvalue weighted by Crippen LogP contribution is -2.38. The Labute approximate surface area is 138 Å². The number of aliphatic carboxylic acids is 1. The number of benzene rings is 1. The van der Waals surface area contributed by atoms with E-state index in [9.17, 15) is 13.2 Å². The van der Waals surface area contributed by atoms with E-state index in [2.05, 4.69) is 25.5 Å². The molecule has 0 aliphatic heterocycles. The van der Waals surface area contributed by atoms with Gasteiger partial charge >= 0.3 is 5.97 Å². The summed E-state index contributed by atoms with van der Waals surface area (Å²) < 4.78 is 27.6. The van der Waals surface area contributed by atoms with E-state index in [1.54, 1.807) is 12.1 Å². The van der Waals surface area contributed by atoms with Crippen molar-refractivity contribution in [1.29, 1.82) is 0 Å².